The van der Waals surface area contributed by atoms with Crippen molar-refractivity contribution in [2.45, 2.75) is 76.5 Å². The number of likely N-dealkylation sites (tertiary alicyclic amines) is 1. The number of nitrogens with one attached hydrogen (secondary N) is 1. The monoisotopic (exact) mass is 615 g/mol. The molecule has 4 rings (SSSR count). The van der Waals surface area contributed by atoms with E-state index in [1.807, 2.05) is 45.7 Å². The highest BCUT2D eigenvalue weighted by Crippen LogP contribution is 2.32. The fourth-order valence-corrected chi connectivity index (χ4v) is 6.86. The van der Waals surface area contributed by atoms with Crippen molar-refractivity contribution in [3.05, 3.63) is 94.0 Å². The highest BCUT2D eigenvalue weighted by Gasteiger charge is 2.32. The van der Waals surface area contributed by atoms with E-state index in [-0.39, 0.29) is 33.5 Å². The van der Waals surface area contributed by atoms with E-state index in [0.717, 1.165) is 17.2 Å². The number of carbonyl (C=O) groups excluding carboxylic acids is 1. The number of benzene rings is 3. The molecule has 1 amide bonds. The number of hydrogen-bond acceptors (Lipinski definition) is 4. The van der Waals surface area contributed by atoms with Gasteiger partial charge in [-0.2, -0.15) is 13.2 Å². The fraction of sp³-hybridized carbons (Fsp3) is 0.424. The van der Waals surface area contributed by atoms with Gasteiger partial charge in [-0.25, -0.2) is 8.42 Å². The third-order valence-corrected chi connectivity index (χ3v) is 9.73. The summed E-state index contributed by atoms with van der Waals surface area (Å²) < 4.78 is 69.3. The number of hydrogen-bond donors (Lipinski definition) is 1. The maximum atomic E-state index is 13.6. The first-order valence-electron chi connectivity index (χ1n) is 14.4. The van der Waals surface area contributed by atoms with Gasteiger partial charge in [0.15, 0.2) is 0 Å². The average Bonchev–Trinajstić information content (AvgIpc) is 2.93. The van der Waals surface area contributed by atoms with Gasteiger partial charge < -0.3 is 4.90 Å². The molecule has 0 atom stereocenters. The minimum atomic E-state index is -4.39. The van der Waals surface area contributed by atoms with Crippen molar-refractivity contribution >= 4 is 21.6 Å². The van der Waals surface area contributed by atoms with E-state index in [9.17, 15) is 26.4 Å². The summed E-state index contributed by atoms with van der Waals surface area (Å²) in [6.45, 7) is 11.0. The first-order chi connectivity index (χ1) is 20.0. The molecule has 10 heteroatoms. The summed E-state index contributed by atoms with van der Waals surface area (Å²) in [6.07, 6.45) is -3.10. The summed E-state index contributed by atoms with van der Waals surface area (Å²) in [5, 5.41) is 0. The fourth-order valence-electron chi connectivity index (χ4n) is 5.44. The number of piperidine rings is 1. The van der Waals surface area contributed by atoms with E-state index in [1.165, 1.54) is 12.1 Å². The Morgan fingerprint density at radius 2 is 1.60 bits per heavy atom. The Kier molecular flexibility index (Phi) is 9.32. The number of sulfonamides is 1. The molecule has 1 N–H and O–H groups in total. The van der Waals surface area contributed by atoms with E-state index in [4.69, 9.17) is 0 Å². The molecule has 0 aliphatic carbocycles. The van der Waals surface area contributed by atoms with Crippen LogP contribution in [0.2, 0.25) is 0 Å². The van der Waals surface area contributed by atoms with E-state index >= 15 is 0 Å². The topological polar surface area (TPSA) is 69.7 Å². The molecule has 0 bridgehead atoms. The lowest BCUT2D eigenvalue weighted by Crippen LogP contribution is -2.45. The molecule has 1 aliphatic heterocycles. The van der Waals surface area contributed by atoms with Crippen LogP contribution in [0, 0.1) is 13.8 Å². The molecule has 0 spiro atoms. The zero-order chi connectivity index (χ0) is 31.7. The highest BCUT2D eigenvalue weighted by atomic mass is 32.2. The number of anilines is 1. The van der Waals surface area contributed by atoms with Crippen LogP contribution in [-0.2, 0) is 28.2 Å². The minimum absolute atomic E-state index is 0.0913. The maximum Gasteiger partial charge on any atom is 0.416 e. The van der Waals surface area contributed by atoms with Crippen LogP contribution in [-0.4, -0.2) is 50.3 Å². The normalized spacial score (nSPS) is 15.2. The lowest BCUT2D eigenvalue weighted by atomic mass is 9.85. The first-order valence-corrected chi connectivity index (χ1v) is 15.8. The molecular weight excluding hydrogens is 575 g/mol. The maximum absolute atomic E-state index is 13.6. The summed E-state index contributed by atoms with van der Waals surface area (Å²) in [7, 11) is -2.12. The third kappa shape index (κ3) is 7.59. The standard InChI is InChI=1S/C33H40F3N3O3S/c1-22-18-26(32(3,4)5)20-30(23(22)2)43(41,42)37-29-13-8-7-12-28(29)31(40)39-16-14-27(15-17-39)38(6)21-24-10-9-11-25(19-24)33(34,35)36/h7-13,18-20,27,37H,14-17,21H2,1-6H3. The first kappa shape index (κ1) is 32.5. The number of nitrogens with zero attached hydrogens (tertiary/aromatic N) is 2. The van der Waals surface area contributed by atoms with Gasteiger partial charge in [-0.15, -0.1) is 0 Å². The van der Waals surface area contributed by atoms with Crippen LogP contribution in [0.3, 0.4) is 0 Å². The molecule has 1 fully saturated rings. The number of carbonyl (C=O) groups is 1. The van der Waals surface area contributed by atoms with Crippen molar-refractivity contribution in [1.82, 2.24) is 9.80 Å². The lowest BCUT2D eigenvalue weighted by molar-refractivity contribution is -0.137. The predicted molar refractivity (Wildman–Crippen MR) is 164 cm³/mol. The summed E-state index contributed by atoms with van der Waals surface area (Å²) in [6, 6.07) is 15.8. The Morgan fingerprint density at radius 3 is 2.23 bits per heavy atom. The second-order valence-corrected chi connectivity index (χ2v) is 14.1. The van der Waals surface area contributed by atoms with Crippen LogP contribution in [0.1, 0.15) is 71.8 Å². The summed E-state index contributed by atoms with van der Waals surface area (Å²) in [4.78, 5) is 17.5. The van der Waals surface area contributed by atoms with Gasteiger partial charge in [0.1, 0.15) is 0 Å². The molecule has 0 aromatic heterocycles. The second-order valence-electron chi connectivity index (χ2n) is 12.5. The van der Waals surface area contributed by atoms with Crippen molar-refractivity contribution in [3.63, 3.8) is 0 Å². The summed E-state index contributed by atoms with van der Waals surface area (Å²) in [5.74, 6) is -0.270. The van der Waals surface area contributed by atoms with Crippen LogP contribution in [0.4, 0.5) is 18.9 Å². The Labute approximate surface area is 253 Å². The van der Waals surface area contributed by atoms with Crippen LogP contribution < -0.4 is 4.72 Å². The predicted octanol–water partition coefficient (Wildman–Crippen LogP) is 7.16. The molecule has 0 unspecified atom stereocenters. The summed E-state index contributed by atoms with van der Waals surface area (Å²) in [5.41, 5.74) is 2.58. The number of aryl methyl sites for hydroxylation is 1. The molecule has 0 radical (unpaired) electrons. The Bertz CT molecular complexity index is 1590. The zero-order valence-electron chi connectivity index (χ0n) is 25.5. The van der Waals surface area contributed by atoms with Gasteiger partial charge in [0.25, 0.3) is 15.9 Å². The minimum Gasteiger partial charge on any atom is -0.338 e. The van der Waals surface area contributed by atoms with Gasteiger partial charge in [0, 0.05) is 25.7 Å². The van der Waals surface area contributed by atoms with Gasteiger partial charge in [0.05, 0.1) is 21.7 Å². The molecule has 1 saturated heterocycles. The van der Waals surface area contributed by atoms with E-state index in [1.54, 1.807) is 48.2 Å². The van der Waals surface area contributed by atoms with Gasteiger partial charge in [-0.3, -0.25) is 14.4 Å². The van der Waals surface area contributed by atoms with E-state index < -0.39 is 21.8 Å². The van der Waals surface area contributed by atoms with Crippen molar-refractivity contribution < 1.29 is 26.4 Å². The van der Waals surface area contributed by atoms with Gasteiger partial charge >= 0.3 is 6.18 Å². The van der Waals surface area contributed by atoms with Crippen LogP contribution in [0.25, 0.3) is 0 Å². The SMILES string of the molecule is Cc1cc(C(C)(C)C)cc(S(=O)(=O)Nc2ccccc2C(=O)N2CCC(N(C)Cc3cccc(C(F)(F)F)c3)CC2)c1C. The van der Waals surface area contributed by atoms with Crippen LogP contribution in [0.5, 0.6) is 0 Å². The largest absolute Gasteiger partial charge is 0.416 e. The van der Waals surface area contributed by atoms with Gasteiger partial charge in [-0.1, -0.05) is 57.2 Å². The number of alkyl halides is 3. The molecule has 232 valence electrons. The van der Waals surface area contributed by atoms with Crippen molar-refractivity contribution in [1.29, 1.82) is 0 Å². The number of amides is 1. The van der Waals surface area contributed by atoms with Gasteiger partial charge in [0.2, 0.25) is 0 Å². The molecular formula is C33H40F3N3O3S. The van der Waals surface area contributed by atoms with E-state index in [0.29, 0.717) is 43.6 Å². The lowest BCUT2D eigenvalue weighted by Gasteiger charge is -2.37. The highest BCUT2D eigenvalue weighted by molar-refractivity contribution is 7.92. The number of para-hydroxylation sites is 1. The van der Waals surface area contributed by atoms with Crippen molar-refractivity contribution in [2.75, 3.05) is 24.9 Å². The Hall–Kier alpha value is -3.37. The molecule has 0 saturated carbocycles. The molecule has 1 heterocycles. The quantitative estimate of drug-likeness (QED) is 0.306. The van der Waals surface area contributed by atoms with Crippen LogP contribution in [0.15, 0.2) is 65.6 Å². The van der Waals surface area contributed by atoms with Crippen LogP contribution >= 0.6 is 0 Å². The smallest absolute Gasteiger partial charge is 0.338 e. The third-order valence-electron chi connectivity index (χ3n) is 8.24. The number of rotatable bonds is 7. The van der Waals surface area contributed by atoms with E-state index in [2.05, 4.69) is 4.72 Å². The number of halogens is 3. The molecule has 3 aromatic rings. The van der Waals surface area contributed by atoms with Crippen molar-refractivity contribution in [3.8, 4) is 0 Å². The zero-order valence-corrected chi connectivity index (χ0v) is 26.4. The van der Waals surface area contributed by atoms with Crippen molar-refractivity contribution in [2.24, 2.45) is 0 Å². The second kappa shape index (κ2) is 12.3. The molecule has 43 heavy (non-hydrogen) atoms. The summed E-state index contributed by atoms with van der Waals surface area (Å²) >= 11 is 0. The molecule has 6 nitrogen and oxygen atoms in total. The molecule has 3 aromatic carbocycles. The molecule has 1 aliphatic rings. The Morgan fingerprint density at radius 1 is 0.953 bits per heavy atom. The average molecular weight is 616 g/mol. The van der Waals surface area contributed by atoms with Gasteiger partial charge in [-0.05, 0) is 85.7 Å². The Balaban J connectivity index is 1.46.